The Morgan fingerprint density at radius 3 is 2.80 bits per heavy atom. The fourth-order valence-electron chi connectivity index (χ4n) is 2.55. The number of hydrogen-bond donors (Lipinski definition) is 2. The first-order valence-electron chi connectivity index (χ1n) is 6.44. The lowest BCUT2D eigenvalue weighted by atomic mass is 10.0. The van der Waals surface area contributed by atoms with Crippen molar-refractivity contribution >= 4 is 23.5 Å². The van der Waals surface area contributed by atoms with Crippen molar-refractivity contribution in [2.75, 3.05) is 0 Å². The average Bonchev–Trinajstić information content (AvgIpc) is 2.82. The molecular formula is C14H15ClFNO3. The molecule has 0 heterocycles. The highest BCUT2D eigenvalue weighted by Gasteiger charge is 2.33. The van der Waals surface area contributed by atoms with Gasteiger partial charge < -0.3 is 10.4 Å². The molecule has 0 aromatic heterocycles. The van der Waals surface area contributed by atoms with E-state index in [9.17, 15) is 14.0 Å². The van der Waals surface area contributed by atoms with E-state index in [0.717, 1.165) is 6.42 Å². The Morgan fingerprint density at radius 1 is 1.40 bits per heavy atom. The fourth-order valence-corrected chi connectivity index (χ4v) is 2.78. The van der Waals surface area contributed by atoms with Crippen molar-refractivity contribution in [1.82, 2.24) is 5.32 Å². The second-order valence-corrected chi connectivity index (χ2v) is 5.33. The van der Waals surface area contributed by atoms with Crippen molar-refractivity contribution in [3.8, 4) is 0 Å². The Bertz CT molecular complexity index is 515. The molecule has 6 heteroatoms. The van der Waals surface area contributed by atoms with Crippen molar-refractivity contribution in [3.63, 3.8) is 0 Å². The van der Waals surface area contributed by atoms with Crippen LogP contribution in [0.25, 0.3) is 0 Å². The number of carboxylic acid groups (broad SMARTS) is 1. The molecule has 1 aromatic carbocycles. The summed E-state index contributed by atoms with van der Waals surface area (Å²) in [6, 6.07) is 3.84. The Balaban J connectivity index is 2.01. The zero-order valence-electron chi connectivity index (χ0n) is 10.7. The van der Waals surface area contributed by atoms with Crippen LogP contribution in [0.15, 0.2) is 18.2 Å². The molecule has 2 atom stereocenters. The van der Waals surface area contributed by atoms with Gasteiger partial charge in [0.1, 0.15) is 5.82 Å². The number of rotatable bonds is 4. The lowest BCUT2D eigenvalue weighted by Gasteiger charge is -2.17. The van der Waals surface area contributed by atoms with Gasteiger partial charge in [0.05, 0.1) is 12.3 Å². The van der Waals surface area contributed by atoms with Crippen LogP contribution in [0.4, 0.5) is 4.39 Å². The van der Waals surface area contributed by atoms with Crippen LogP contribution in [0.5, 0.6) is 0 Å². The predicted octanol–water partition coefficient (Wildman–Crippen LogP) is 2.39. The van der Waals surface area contributed by atoms with Gasteiger partial charge in [0.15, 0.2) is 0 Å². The topological polar surface area (TPSA) is 66.4 Å². The highest BCUT2D eigenvalue weighted by molar-refractivity contribution is 6.31. The maximum absolute atomic E-state index is 13.6. The van der Waals surface area contributed by atoms with Crippen molar-refractivity contribution < 1.29 is 19.1 Å². The summed E-state index contributed by atoms with van der Waals surface area (Å²) < 4.78 is 13.6. The van der Waals surface area contributed by atoms with Crippen LogP contribution in [0.3, 0.4) is 0 Å². The summed E-state index contributed by atoms with van der Waals surface area (Å²) in [4.78, 5) is 22.9. The van der Waals surface area contributed by atoms with Gasteiger partial charge in [-0.2, -0.15) is 0 Å². The maximum atomic E-state index is 13.6. The van der Waals surface area contributed by atoms with Crippen molar-refractivity contribution in [3.05, 3.63) is 34.6 Å². The first-order valence-corrected chi connectivity index (χ1v) is 6.82. The largest absolute Gasteiger partial charge is 0.481 e. The third kappa shape index (κ3) is 3.28. The number of aliphatic carboxylic acids is 1. The summed E-state index contributed by atoms with van der Waals surface area (Å²) in [5.74, 6) is -2.41. The van der Waals surface area contributed by atoms with E-state index in [-0.39, 0.29) is 23.0 Å². The van der Waals surface area contributed by atoms with Gasteiger partial charge in [-0.3, -0.25) is 9.59 Å². The van der Waals surface area contributed by atoms with Crippen LogP contribution in [0, 0.1) is 11.7 Å². The van der Waals surface area contributed by atoms with E-state index in [0.29, 0.717) is 12.8 Å². The normalized spacial score (nSPS) is 21.7. The Morgan fingerprint density at radius 2 is 2.15 bits per heavy atom. The van der Waals surface area contributed by atoms with Gasteiger partial charge in [-0.1, -0.05) is 24.1 Å². The number of carbonyl (C=O) groups excluding carboxylic acids is 1. The molecule has 20 heavy (non-hydrogen) atoms. The number of benzene rings is 1. The highest BCUT2D eigenvalue weighted by Crippen LogP contribution is 2.26. The number of amides is 1. The van der Waals surface area contributed by atoms with E-state index in [4.69, 9.17) is 16.7 Å². The minimum Gasteiger partial charge on any atom is -0.481 e. The molecule has 1 saturated carbocycles. The summed E-state index contributed by atoms with van der Waals surface area (Å²) in [7, 11) is 0. The standard InChI is InChI=1S/C14H15ClFNO3/c15-10-4-2-5-11(16)9(10)7-13(18)17-12-6-1-3-8(12)14(19)20/h2,4-5,8,12H,1,3,6-7H2,(H,17,18)(H,19,20). The molecule has 1 aliphatic rings. The first kappa shape index (κ1) is 14.8. The predicted molar refractivity (Wildman–Crippen MR) is 72.0 cm³/mol. The van der Waals surface area contributed by atoms with Gasteiger partial charge in [-0.15, -0.1) is 0 Å². The molecule has 1 aromatic rings. The van der Waals surface area contributed by atoms with E-state index in [1.165, 1.54) is 18.2 Å². The Kier molecular flexibility index (Phi) is 4.60. The summed E-state index contributed by atoms with van der Waals surface area (Å²) in [6.45, 7) is 0. The minimum absolute atomic E-state index is 0.136. The van der Waals surface area contributed by atoms with E-state index >= 15 is 0 Å². The number of carboxylic acids is 1. The zero-order valence-corrected chi connectivity index (χ0v) is 11.5. The van der Waals surface area contributed by atoms with Crippen LogP contribution in [-0.4, -0.2) is 23.0 Å². The number of carbonyl (C=O) groups is 2. The molecule has 1 fully saturated rings. The van der Waals surface area contributed by atoms with Gasteiger partial charge >= 0.3 is 5.97 Å². The van der Waals surface area contributed by atoms with E-state index in [1.54, 1.807) is 0 Å². The van der Waals surface area contributed by atoms with E-state index in [1.807, 2.05) is 0 Å². The molecule has 0 spiro atoms. The van der Waals surface area contributed by atoms with Crippen LogP contribution in [0.2, 0.25) is 5.02 Å². The molecule has 1 amide bonds. The Labute approximate surface area is 120 Å². The van der Waals surface area contributed by atoms with E-state index < -0.39 is 23.6 Å². The molecule has 2 unspecified atom stereocenters. The lowest BCUT2D eigenvalue weighted by Crippen LogP contribution is -2.41. The summed E-state index contributed by atoms with van der Waals surface area (Å²) in [5, 5.41) is 11.9. The molecule has 108 valence electrons. The van der Waals surface area contributed by atoms with Crippen molar-refractivity contribution in [1.29, 1.82) is 0 Å². The molecule has 2 N–H and O–H groups in total. The number of hydrogen-bond acceptors (Lipinski definition) is 2. The average molecular weight is 300 g/mol. The maximum Gasteiger partial charge on any atom is 0.308 e. The Hall–Kier alpha value is -1.62. The van der Waals surface area contributed by atoms with Gasteiger partial charge in [0.2, 0.25) is 5.91 Å². The van der Waals surface area contributed by atoms with Crippen LogP contribution in [-0.2, 0) is 16.0 Å². The molecular weight excluding hydrogens is 285 g/mol. The molecule has 4 nitrogen and oxygen atoms in total. The number of halogens is 2. The van der Waals surface area contributed by atoms with Gasteiger partial charge in [-0.05, 0) is 25.0 Å². The second kappa shape index (κ2) is 6.22. The van der Waals surface area contributed by atoms with Crippen molar-refractivity contribution in [2.24, 2.45) is 5.92 Å². The first-order chi connectivity index (χ1) is 9.49. The molecule has 1 aliphatic carbocycles. The molecule has 0 radical (unpaired) electrons. The monoisotopic (exact) mass is 299 g/mol. The minimum atomic E-state index is -0.906. The molecule has 0 saturated heterocycles. The second-order valence-electron chi connectivity index (χ2n) is 4.93. The van der Waals surface area contributed by atoms with Gasteiger partial charge in [0, 0.05) is 16.6 Å². The van der Waals surface area contributed by atoms with Gasteiger partial charge in [0.25, 0.3) is 0 Å². The zero-order chi connectivity index (χ0) is 14.7. The van der Waals surface area contributed by atoms with Crippen LogP contribution >= 0.6 is 11.6 Å². The lowest BCUT2D eigenvalue weighted by molar-refractivity contribution is -0.142. The quantitative estimate of drug-likeness (QED) is 0.897. The molecule has 0 aliphatic heterocycles. The van der Waals surface area contributed by atoms with Crippen LogP contribution < -0.4 is 5.32 Å². The summed E-state index contributed by atoms with van der Waals surface area (Å²) >= 11 is 5.86. The fraction of sp³-hybridized carbons (Fsp3) is 0.429. The summed E-state index contributed by atoms with van der Waals surface area (Å²) in [5.41, 5.74) is 0.136. The molecule has 0 bridgehead atoms. The third-order valence-corrected chi connectivity index (χ3v) is 3.93. The van der Waals surface area contributed by atoms with Crippen LogP contribution in [0.1, 0.15) is 24.8 Å². The highest BCUT2D eigenvalue weighted by atomic mass is 35.5. The number of nitrogens with one attached hydrogen (secondary N) is 1. The SMILES string of the molecule is O=C(Cc1c(F)cccc1Cl)NC1CCCC1C(=O)O. The summed E-state index contributed by atoms with van der Waals surface area (Å²) in [6.07, 6.45) is 1.77. The third-order valence-electron chi connectivity index (χ3n) is 3.58. The smallest absolute Gasteiger partial charge is 0.308 e. The van der Waals surface area contributed by atoms with Gasteiger partial charge in [-0.25, -0.2) is 4.39 Å². The van der Waals surface area contributed by atoms with Crippen molar-refractivity contribution in [2.45, 2.75) is 31.7 Å². The van der Waals surface area contributed by atoms with E-state index in [2.05, 4.69) is 5.32 Å². The molecule has 2 rings (SSSR count).